The van der Waals surface area contributed by atoms with E-state index in [-0.39, 0.29) is 24.1 Å². The third-order valence-corrected chi connectivity index (χ3v) is 4.99. The Morgan fingerprint density at radius 2 is 1.93 bits per heavy atom. The number of nitrogens with one attached hydrogen (secondary N) is 3. The van der Waals surface area contributed by atoms with Crippen LogP contribution in [0.25, 0.3) is 10.9 Å². The first-order valence-electron chi connectivity index (χ1n) is 9.23. The number of benzene rings is 2. The van der Waals surface area contributed by atoms with Gasteiger partial charge >= 0.3 is 0 Å². The van der Waals surface area contributed by atoms with Crippen LogP contribution in [0.4, 0.5) is 10.1 Å². The number of anilines is 1. The first-order valence-corrected chi connectivity index (χ1v) is 9.23. The topological polar surface area (TPSA) is 77.2 Å². The molecule has 0 aliphatic carbocycles. The highest BCUT2D eigenvalue weighted by molar-refractivity contribution is 5.98. The van der Waals surface area contributed by atoms with Crippen LogP contribution in [0.2, 0.25) is 0 Å². The van der Waals surface area contributed by atoms with Crippen LogP contribution in [0.3, 0.4) is 0 Å². The summed E-state index contributed by atoms with van der Waals surface area (Å²) in [6.45, 7) is 1.48. The number of carbonyl (C=O) groups is 2. The van der Waals surface area contributed by atoms with Crippen LogP contribution in [-0.2, 0) is 16.0 Å². The minimum absolute atomic E-state index is 0.0921. The van der Waals surface area contributed by atoms with E-state index in [1.165, 1.54) is 24.3 Å². The van der Waals surface area contributed by atoms with Crippen LogP contribution in [-0.4, -0.2) is 47.4 Å². The van der Waals surface area contributed by atoms with Gasteiger partial charge in [-0.2, -0.15) is 0 Å². The third-order valence-electron chi connectivity index (χ3n) is 4.99. The zero-order chi connectivity index (χ0) is 19.5. The molecular weight excluding hydrogens is 359 g/mol. The Kier molecular flexibility index (Phi) is 5.08. The molecular formula is C21H21FN4O2. The Labute approximate surface area is 161 Å². The minimum atomic E-state index is -0.614. The molecule has 1 aromatic heterocycles. The summed E-state index contributed by atoms with van der Waals surface area (Å²) in [4.78, 5) is 30.5. The molecule has 1 fully saturated rings. The highest BCUT2D eigenvalue weighted by Gasteiger charge is 2.32. The lowest BCUT2D eigenvalue weighted by Gasteiger charge is -2.35. The largest absolute Gasteiger partial charge is 0.361 e. The van der Waals surface area contributed by atoms with Gasteiger partial charge in [0.15, 0.2) is 0 Å². The Balaban J connectivity index is 1.48. The lowest BCUT2D eigenvalue weighted by molar-refractivity contribution is -0.139. The van der Waals surface area contributed by atoms with E-state index in [0.717, 1.165) is 16.5 Å². The van der Waals surface area contributed by atoms with E-state index in [4.69, 9.17) is 0 Å². The van der Waals surface area contributed by atoms with Crippen molar-refractivity contribution in [1.29, 1.82) is 0 Å². The predicted octanol–water partition coefficient (Wildman–Crippen LogP) is 2.29. The molecule has 0 unspecified atom stereocenters. The molecule has 6 nitrogen and oxygen atoms in total. The number of amides is 2. The van der Waals surface area contributed by atoms with Crippen molar-refractivity contribution in [2.75, 3.05) is 25.0 Å². The molecule has 4 rings (SSSR count). The highest BCUT2D eigenvalue weighted by Crippen LogP contribution is 2.20. The van der Waals surface area contributed by atoms with Crippen LogP contribution >= 0.6 is 0 Å². The highest BCUT2D eigenvalue weighted by atomic mass is 19.1. The molecule has 0 spiro atoms. The molecule has 2 amide bonds. The van der Waals surface area contributed by atoms with Crippen LogP contribution < -0.4 is 10.6 Å². The molecule has 28 heavy (non-hydrogen) atoms. The molecule has 7 heteroatoms. The number of aromatic nitrogens is 1. The van der Waals surface area contributed by atoms with Crippen LogP contribution in [0.5, 0.6) is 0 Å². The van der Waals surface area contributed by atoms with Crippen molar-refractivity contribution in [3.63, 3.8) is 0 Å². The smallest absolute Gasteiger partial charge is 0.248 e. The van der Waals surface area contributed by atoms with E-state index < -0.39 is 6.04 Å². The summed E-state index contributed by atoms with van der Waals surface area (Å²) in [7, 11) is 0. The summed E-state index contributed by atoms with van der Waals surface area (Å²) in [5, 5.41) is 6.94. The minimum Gasteiger partial charge on any atom is -0.361 e. The maximum absolute atomic E-state index is 13.1. The summed E-state index contributed by atoms with van der Waals surface area (Å²) >= 11 is 0. The molecule has 1 aliphatic rings. The normalized spacial score (nSPS) is 16.9. The molecule has 3 aromatic rings. The zero-order valence-corrected chi connectivity index (χ0v) is 15.2. The maximum atomic E-state index is 13.1. The average molecular weight is 380 g/mol. The molecule has 3 N–H and O–H groups in total. The second kappa shape index (κ2) is 7.82. The van der Waals surface area contributed by atoms with Gasteiger partial charge in [-0.15, -0.1) is 0 Å². The summed E-state index contributed by atoms with van der Waals surface area (Å²) < 4.78 is 13.1. The molecule has 1 atom stereocenters. The lowest BCUT2D eigenvalue weighted by Crippen LogP contribution is -2.58. The van der Waals surface area contributed by atoms with E-state index in [2.05, 4.69) is 15.6 Å². The van der Waals surface area contributed by atoms with Gasteiger partial charge in [0.1, 0.15) is 11.9 Å². The Morgan fingerprint density at radius 1 is 1.14 bits per heavy atom. The summed E-state index contributed by atoms with van der Waals surface area (Å²) in [5.41, 5.74) is 2.40. The number of para-hydroxylation sites is 1. The van der Waals surface area contributed by atoms with Gasteiger partial charge in [0, 0.05) is 42.4 Å². The van der Waals surface area contributed by atoms with Crippen molar-refractivity contribution in [3.8, 4) is 0 Å². The summed E-state index contributed by atoms with van der Waals surface area (Å²) in [5.74, 6) is -0.746. The van der Waals surface area contributed by atoms with Gasteiger partial charge in [0.05, 0.1) is 6.42 Å². The summed E-state index contributed by atoms with van der Waals surface area (Å²) in [6, 6.07) is 12.8. The number of carbonyl (C=O) groups excluding carboxylic acids is 2. The number of piperazine rings is 1. The van der Waals surface area contributed by atoms with Gasteiger partial charge in [-0.3, -0.25) is 9.59 Å². The van der Waals surface area contributed by atoms with Gasteiger partial charge < -0.3 is 20.5 Å². The monoisotopic (exact) mass is 380 g/mol. The fourth-order valence-electron chi connectivity index (χ4n) is 3.54. The van der Waals surface area contributed by atoms with Gasteiger partial charge in [-0.25, -0.2) is 4.39 Å². The number of fused-ring (bicyclic) bond motifs is 1. The van der Waals surface area contributed by atoms with Crippen molar-refractivity contribution in [2.45, 2.75) is 12.5 Å². The van der Waals surface area contributed by atoms with Crippen molar-refractivity contribution in [3.05, 3.63) is 66.1 Å². The first-order chi connectivity index (χ1) is 13.6. The summed E-state index contributed by atoms with van der Waals surface area (Å²) in [6.07, 6.45) is 2.07. The number of nitrogens with zero attached hydrogens (tertiary/aromatic N) is 1. The molecule has 1 aliphatic heterocycles. The van der Waals surface area contributed by atoms with Crippen molar-refractivity contribution in [1.82, 2.24) is 15.2 Å². The molecule has 1 saturated heterocycles. The van der Waals surface area contributed by atoms with E-state index in [1.807, 2.05) is 30.5 Å². The quantitative estimate of drug-likeness (QED) is 0.650. The number of hydrogen-bond donors (Lipinski definition) is 3. The number of halogens is 1. The third kappa shape index (κ3) is 3.75. The fraction of sp³-hybridized carbons (Fsp3) is 0.238. The van der Waals surface area contributed by atoms with E-state index in [9.17, 15) is 14.0 Å². The van der Waals surface area contributed by atoms with E-state index in [0.29, 0.717) is 25.3 Å². The molecule has 0 bridgehead atoms. The molecule has 0 saturated carbocycles. The maximum Gasteiger partial charge on any atom is 0.248 e. The lowest BCUT2D eigenvalue weighted by atomic mass is 10.1. The van der Waals surface area contributed by atoms with Gasteiger partial charge in [0.2, 0.25) is 11.8 Å². The first kappa shape index (κ1) is 18.2. The van der Waals surface area contributed by atoms with E-state index >= 15 is 0 Å². The Bertz CT molecular complexity index is 999. The van der Waals surface area contributed by atoms with Gasteiger partial charge in [-0.1, -0.05) is 18.2 Å². The average Bonchev–Trinajstić information content (AvgIpc) is 3.12. The number of rotatable bonds is 4. The second-order valence-corrected chi connectivity index (χ2v) is 6.84. The van der Waals surface area contributed by atoms with Crippen LogP contribution in [0.1, 0.15) is 5.56 Å². The number of hydrogen-bond acceptors (Lipinski definition) is 3. The standard InChI is InChI=1S/C21H21FN4O2/c22-15-5-7-16(8-6-15)25-21(28)19-13-23-9-10-26(19)20(27)11-14-12-24-18-4-2-1-3-17(14)18/h1-8,12,19,23-24H,9-11,13H2,(H,25,28)/t19-/m0/s1. The van der Waals surface area contributed by atoms with Crippen molar-refractivity contribution < 1.29 is 14.0 Å². The van der Waals surface area contributed by atoms with Crippen LogP contribution in [0, 0.1) is 5.82 Å². The van der Waals surface area contributed by atoms with Crippen molar-refractivity contribution >= 4 is 28.4 Å². The molecule has 2 heterocycles. The van der Waals surface area contributed by atoms with Crippen molar-refractivity contribution in [2.24, 2.45) is 0 Å². The molecule has 0 radical (unpaired) electrons. The fourth-order valence-corrected chi connectivity index (χ4v) is 3.54. The van der Waals surface area contributed by atoms with Crippen LogP contribution in [0.15, 0.2) is 54.7 Å². The van der Waals surface area contributed by atoms with Gasteiger partial charge in [-0.05, 0) is 35.9 Å². The molecule has 2 aromatic carbocycles. The Hall–Kier alpha value is -3.19. The number of H-pyrrole nitrogens is 1. The number of aromatic amines is 1. The zero-order valence-electron chi connectivity index (χ0n) is 15.2. The van der Waals surface area contributed by atoms with Gasteiger partial charge in [0.25, 0.3) is 0 Å². The predicted molar refractivity (Wildman–Crippen MR) is 105 cm³/mol. The Morgan fingerprint density at radius 3 is 2.75 bits per heavy atom. The van der Waals surface area contributed by atoms with E-state index in [1.54, 1.807) is 4.90 Å². The second-order valence-electron chi connectivity index (χ2n) is 6.84. The SMILES string of the molecule is O=C(Nc1ccc(F)cc1)[C@@H]1CNCCN1C(=O)Cc1c[nH]c2ccccc12. The molecule has 144 valence electrons.